The minimum atomic E-state index is -0.222. The lowest BCUT2D eigenvalue weighted by molar-refractivity contribution is -0.178. The number of allylic oxidation sites excluding steroid dienone is 2. The van der Waals surface area contributed by atoms with Crippen LogP contribution in [0.5, 0.6) is 0 Å². The number of aliphatic hydroxyl groups is 1. The van der Waals surface area contributed by atoms with Crippen LogP contribution < -0.4 is 0 Å². The molecule has 6 rings (SSSR count). The Morgan fingerprint density at radius 1 is 1.16 bits per heavy atom. The maximum absolute atomic E-state index is 10.8. The molecule has 0 aromatic carbocycles. The Bertz CT molecular complexity index is 850. The first kappa shape index (κ1) is 21.8. The number of nitrogens with zero attached hydrogens (tertiary/aromatic N) is 1. The number of ether oxygens (including phenoxy) is 1. The Balaban J connectivity index is 1.30. The second kappa shape index (κ2) is 7.41. The van der Waals surface area contributed by atoms with E-state index in [1.54, 1.807) is 21.8 Å². The molecule has 178 valence electrons. The molecule has 1 spiro atoms. The summed E-state index contributed by atoms with van der Waals surface area (Å²) in [6.45, 7) is 10.3. The van der Waals surface area contributed by atoms with Crippen LogP contribution >= 0.6 is 0 Å². The van der Waals surface area contributed by atoms with E-state index < -0.39 is 0 Å². The van der Waals surface area contributed by atoms with Crippen LogP contribution in [-0.4, -0.2) is 45.8 Å². The summed E-state index contributed by atoms with van der Waals surface area (Å²) in [5.74, 6) is 3.12. The summed E-state index contributed by atoms with van der Waals surface area (Å²) in [4.78, 5) is 0. The topological polar surface area (TPSA) is 52.9 Å². The van der Waals surface area contributed by atoms with E-state index in [-0.39, 0.29) is 23.9 Å². The quantitative estimate of drug-likeness (QED) is 0.488. The molecule has 2 saturated heterocycles. The summed E-state index contributed by atoms with van der Waals surface area (Å²) in [5, 5.41) is 22.6. The van der Waals surface area contributed by atoms with E-state index in [0.29, 0.717) is 23.2 Å². The fourth-order valence-corrected chi connectivity index (χ4v) is 9.49. The maximum atomic E-state index is 10.8. The second-order valence-electron chi connectivity index (χ2n) is 12.8. The van der Waals surface area contributed by atoms with E-state index in [1.165, 1.54) is 25.7 Å². The van der Waals surface area contributed by atoms with Gasteiger partial charge in [-0.05, 0) is 93.8 Å². The molecule has 0 radical (unpaired) electrons. The summed E-state index contributed by atoms with van der Waals surface area (Å²) >= 11 is 0. The molecular weight excluding hydrogens is 398 g/mol. The highest BCUT2D eigenvalue weighted by Gasteiger charge is 2.59. The molecule has 2 saturated carbocycles. The number of fused-ring (bicyclic) bond motifs is 6. The molecule has 0 aromatic heterocycles. The monoisotopic (exact) mass is 441 g/mol. The van der Waals surface area contributed by atoms with Gasteiger partial charge in [0.1, 0.15) is 0 Å². The van der Waals surface area contributed by atoms with Gasteiger partial charge in [0.05, 0.1) is 23.9 Å². The van der Waals surface area contributed by atoms with Crippen molar-refractivity contribution < 1.29 is 15.1 Å². The van der Waals surface area contributed by atoms with Crippen molar-refractivity contribution in [1.29, 1.82) is 0 Å². The third kappa shape index (κ3) is 3.01. The zero-order chi connectivity index (χ0) is 22.4. The van der Waals surface area contributed by atoms with Gasteiger partial charge >= 0.3 is 0 Å². The van der Waals surface area contributed by atoms with Crippen LogP contribution in [0.4, 0.5) is 0 Å². The van der Waals surface area contributed by atoms with Gasteiger partial charge in [-0.25, -0.2) is 0 Å². The summed E-state index contributed by atoms with van der Waals surface area (Å²) in [6.07, 6.45) is 12.5. The normalized spacial score (nSPS) is 53.4. The molecular formula is C28H43NO3. The first-order valence-electron chi connectivity index (χ1n) is 13.4. The third-order valence-electron chi connectivity index (χ3n) is 11.2. The van der Waals surface area contributed by atoms with E-state index in [4.69, 9.17) is 4.74 Å². The van der Waals surface area contributed by atoms with Crippen molar-refractivity contribution in [3.05, 3.63) is 22.8 Å². The van der Waals surface area contributed by atoms with Crippen LogP contribution in [0.1, 0.15) is 85.5 Å². The highest BCUT2D eigenvalue weighted by molar-refractivity contribution is 5.33. The maximum Gasteiger partial charge on any atom is 0.0768 e. The fraction of sp³-hybridized carbons (Fsp3) is 0.857. The highest BCUT2D eigenvalue weighted by Crippen LogP contribution is 2.64. The molecule has 0 amide bonds. The minimum absolute atomic E-state index is 0.101. The Kier molecular flexibility index (Phi) is 5.05. The molecule has 0 bridgehead atoms. The summed E-state index contributed by atoms with van der Waals surface area (Å²) in [5.41, 5.74) is 5.09. The molecule has 6 aliphatic rings. The Hall–Kier alpha value is -0.680. The largest absolute Gasteiger partial charge is 0.389 e. The molecule has 2 N–H and O–H groups in total. The van der Waals surface area contributed by atoms with Crippen molar-refractivity contribution in [2.45, 2.75) is 109 Å². The summed E-state index contributed by atoms with van der Waals surface area (Å²) in [6, 6.07) is 0.157. The lowest BCUT2D eigenvalue weighted by Crippen LogP contribution is -2.50. The van der Waals surface area contributed by atoms with Crippen molar-refractivity contribution >= 4 is 0 Å². The zero-order valence-corrected chi connectivity index (χ0v) is 20.5. The Morgan fingerprint density at radius 3 is 2.78 bits per heavy atom. The van der Waals surface area contributed by atoms with Crippen molar-refractivity contribution in [2.24, 2.45) is 35.0 Å². The van der Waals surface area contributed by atoms with Gasteiger partial charge in [-0.2, -0.15) is 5.06 Å². The first-order chi connectivity index (χ1) is 15.2. The van der Waals surface area contributed by atoms with Gasteiger partial charge in [0.15, 0.2) is 0 Å². The van der Waals surface area contributed by atoms with Gasteiger partial charge < -0.3 is 15.1 Å². The van der Waals surface area contributed by atoms with Gasteiger partial charge in [-0.1, -0.05) is 43.6 Å². The van der Waals surface area contributed by atoms with Crippen LogP contribution in [0.25, 0.3) is 0 Å². The van der Waals surface area contributed by atoms with E-state index in [9.17, 15) is 10.3 Å². The van der Waals surface area contributed by atoms with Crippen LogP contribution in [0.3, 0.4) is 0 Å². The van der Waals surface area contributed by atoms with Crippen molar-refractivity contribution in [1.82, 2.24) is 5.06 Å². The standard InChI is InChI=1S/C28H43NO3/c1-16-11-25-26(29(31)15-16)18(3)28(32-25)10-8-21-22-6-5-19-12-20(30)7-9-27(19,4)24(22)13-23(21)17(2)14-28/h12,16,18,20-22,24-26,30-31H,5-11,13-15H2,1-4H3/t16-,18+,20-,21-,22-,24-,25+,26-,27-,28-/m0/s1. The number of aliphatic hydroxyl groups excluding tert-OH is 1. The smallest absolute Gasteiger partial charge is 0.0768 e. The molecule has 4 nitrogen and oxygen atoms in total. The van der Waals surface area contributed by atoms with Crippen LogP contribution in [0.2, 0.25) is 0 Å². The molecule has 2 aliphatic heterocycles. The van der Waals surface area contributed by atoms with Gasteiger partial charge in [0, 0.05) is 12.5 Å². The zero-order valence-electron chi connectivity index (χ0n) is 20.5. The van der Waals surface area contributed by atoms with Crippen molar-refractivity contribution in [3.8, 4) is 0 Å². The SMILES string of the molecule is CC1=C2C[C@H]3[C@@H](CCC4=C[C@@H](O)CC[C@@]43C)[C@@H]2CC[C@@]2(C1)O[C@@H]1C[C@H](C)CN(O)[C@H]1[C@H]2C. The summed E-state index contributed by atoms with van der Waals surface area (Å²) in [7, 11) is 0. The average Bonchev–Trinajstić information content (AvgIpc) is 3.19. The molecule has 0 unspecified atom stereocenters. The third-order valence-corrected chi connectivity index (χ3v) is 11.2. The van der Waals surface area contributed by atoms with E-state index >= 15 is 0 Å². The molecule has 4 aliphatic carbocycles. The number of hydrogen-bond acceptors (Lipinski definition) is 4. The minimum Gasteiger partial charge on any atom is -0.389 e. The molecule has 4 heteroatoms. The molecule has 10 atom stereocenters. The molecule has 0 aromatic rings. The average molecular weight is 442 g/mol. The molecule has 32 heavy (non-hydrogen) atoms. The van der Waals surface area contributed by atoms with E-state index in [1.807, 2.05) is 0 Å². The predicted molar refractivity (Wildman–Crippen MR) is 125 cm³/mol. The van der Waals surface area contributed by atoms with Crippen LogP contribution in [-0.2, 0) is 4.74 Å². The van der Waals surface area contributed by atoms with Gasteiger partial charge in [-0.3, -0.25) is 0 Å². The van der Waals surface area contributed by atoms with Gasteiger partial charge in [-0.15, -0.1) is 0 Å². The fourth-order valence-electron chi connectivity index (χ4n) is 9.49. The van der Waals surface area contributed by atoms with Crippen molar-refractivity contribution in [3.63, 3.8) is 0 Å². The van der Waals surface area contributed by atoms with Crippen LogP contribution in [0, 0.1) is 35.0 Å². The van der Waals surface area contributed by atoms with E-state index in [2.05, 4.69) is 33.8 Å². The van der Waals surface area contributed by atoms with Gasteiger partial charge in [0.2, 0.25) is 0 Å². The van der Waals surface area contributed by atoms with Crippen LogP contribution in [0.15, 0.2) is 22.8 Å². The summed E-state index contributed by atoms with van der Waals surface area (Å²) < 4.78 is 6.94. The lowest BCUT2D eigenvalue weighted by Gasteiger charge is -2.49. The van der Waals surface area contributed by atoms with Gasteiger partial charge in [0.25, 0.3) is 0 Å². The number of hydrogen-bond donors (Lipinski definition) is 2. The number of hydroxylamine groups is 2. The van der Waals surface area contributed by atoms with Crippen molar-refractivity contribution in [2.75, 3.05) is 6.54 Å². The predicted octanol–water partition coefficient (Wildman–Crippen LogP) is 5.49. The Morgan fingerprint density at radius 2 is 1.97 bits per heavy atom. The number of rotatable bonds is 0. The highest BCUT2D eigenvalue weighted by atomic mass is 16.5. The second-order valence-corrected chi connectivity index (χ2v) is 12.8. The lowest BCUT2D eigenvalue weighted by atomic mass is 9.56. The number of piperidine rings is 1. The first-order valence-corrected chi connectivity index (χ1v) is 13.4. The molecule has 4 fully saturated rings. The molecule has 2 heterocycles. The van der Waals surface area contributed by atoms with E-state index in [0.717, 1.165) is 50.5 Å². The Labute approximate surface area is 194 Å².